The quantitative estimate of drug-likeness (QED) is 0.0897. The first kappa shape index (κ1) is 42.7. The molecule has 4 aromatic rings. The van der Waals surface area contributed by atoms with Crippen LogP contribution in [0.15, 0.2) is 36.4 Å². The molecule has 5 fully saturated rings. The van der Waals surface area contributed by atoms with Crippen molar-refractivity contribution in [3.63, 3.8) is 0 Å². The third-order valence-corrected chi connectivity index (χ3v) is 21.4. The number of halogens is 3. The Hall–Kier alpha value is -4.58. The van der Waals surface area contributed by atoms with Gasteiger partial charge in [0.05, 0.1) is 23.2 Å². The number of ether oxygens (including phenoxy) is 3. The fourth-order valence-corrected chi connectivity index (χ4v) is 17.3. The van der Waals surface area contributed by atoms with E-state index in [1.165, 1.54) is 18.1 Å². The molecule has 1 aliphatic carbocycles. The second kappa shape index (κ2) is 15.9. The SMILES string of the molecule is COCOc1cc(-c2ccc3c(N4CC5CCC(C4)N5C(=O)O)nc(OC[C@@]45C[C@@H](F)CN4CC4(CC4)C5)nc3c2F)c2c(C#C[Si](C(C)C)(C(C)C)C(C)C)c(F)ccc2c1. The maximum absolute atomic E-state index is 17.9. The van der Waals surface area contributed by atoms with Gasteiger partial charge < -0.3 is 24.2 Å². The van der Waals surface area contributed by atoms with E-state index < -0.39 is 37.5 Å². The molecule has 9 rings (SSSR count). The van der Waals surface area contributed by atoms with Gasteiger partial charge in [-0.15, -0.1) is 5.54 Å². The smallest absolute Gasteiger partial charge is 0.407 e. The van der Waals surface area contributed by atoms with Crippen molar-refractivity contribution < 1.29 is 37.3 Å². The Kier molecular flexibility index (Phi) is 10.9. The number of methoxy groups -OCH3 is 1. The number of rotatable bonds is 11. The van der Waals surface area contributed by atoms with E-state index in [9.17, 15) is 9.90 Å². The molecule has 10 nitrogen and oxygen atoms in total. The normalized spacial score (nSPS) is 24.2. The van der Waals surface area contributed by atoms with Gasteiger partial charge >= 0.3 is 12.1 Å². The van der Waals surface area contributed by atoms with Gasteiger partial charge in [-0.05, 0) is 89.4 Å². The first-order valence-electron chi connectivity index (χ1n) is 22.3. The maximum atomic E-state index is 17.9. The molecule has 1 spiro atoms. The van der Waals surface area contributed by atoms with Crippen LogP contribution >= 0.6 is 0 Å². The fraction of sp³-hybridized carbons (Fsp3) is 0.562. The molecule has 4 aliphatic heterocycles. The number of fused-ring (bicyclic) bond motifs is 5. The molecule has 4 atom stereocenters. The zero-order valence-electron chi connectivity index (χ0n) is 36.9. The first-order chi connectivity index (χ1) is 29.6. The highest BCUT2D eigenvalue weighted by molar-refractivity contribution is 6.90. The highest BCUT2D eigenvalue weighted by Gasteiger charge is 2.62. The molecule has 0 radical (unpaired) electrons. The fourth-order valence-electron chi connectivity index (χ4n) is 12.1. The van der Waals surface area contributed by atoms with E-state index in [0.717, 1.165) is 25.8 Å². The minimum absolute atomic E-state index is 0.0102. The van der Waals surface area contributed by atoms with Gasteiger partial charge in [0.25, 0.3) is 0 Å². The lowest BCUT2D eigenvalue weighted by molar-refractivity contribution is 0.0512. The summed E-state index contributed by atoms with van der Waals surface area (Å²) in [5, 5.41) is 11.6. The summed E-state index contributed by atoms with van der Waals surface area (Å²) in [5.74, 6) is 3.05. The molecule has 1 N–H and O–H groups in total. The number of benzene rings is 3. The van der Waals surface area contributed by atoms with Gasteiger partial charge in [0.2, 0.25) is 0 Å². The first-order valence-corrected chi connectivity index (χ1v) is 24.5. The summed E-state index contributed by atoms with van der Waals surface area (Å²) in [6.07, 6.45) is 2.97. The second-order valence-corrected chi connectivity index (χ2v) is 25.3. The van der Waals surface area contributed by atoms with Crippen molar-refractivity contribution in [1.82, 2.24) is 19.8 Å². The van der Waals surface area contributed by atoms with Crippen LogP contribution in [0.25, 0.3) is 32.8 Å². The van der Waals surface area contributed by atoms with Crippen LogP contribution in [0.4, 0.5) is 23.8 Å². The molecular weight excluding hydrogens is 812 g/mol. The molecule has 5 aliphatic rings. The van der Waals surface area contributed by atoms with Gasteiger partial charge in [-0.3, -0.25) is 9.80 Å². The van der Waals surface area contributed by atoms with Crippen molar-refractivity contribution in [3.8, 4) is 34.4 Å². The van der Waals surface area contributed by atoms with Crippen LogP contribution in [0.3, 0.4) is 0 Å². The predicted molar refractivity (Wildman–Crippen MR) is 237 cm³/mol. The topological polar surface area (TPSA) is 100 Å². The van der Waals surface area contributed by atoms with E-state index >= 15 is 13.2 Å². The van der Waals surface area contributed by atoms with E-state index in [1.54, 1.807) is 30.3 Å². The van der Waals surface area contributed by atoms with Crippen molar-refractivity contribution in [3.05, 3.63) is 53.6 Å². The summed E-state index contributed by atoms with van der Waals surface area (Å²) in [7, 11) is -0.795. The van der Waals surface area contributed by atoms with Gasteiger partial charge in [0.15, 0.2) is 12.6 Å². The average Bonchev–Trinajstić information content (AvgIpc) is 3.71. The number of carbonyl (C=O) groups is 1. The van der Waals surface area contributed by atoms with E-state index in [2.05, 4.69) is 57.9 Å². The number of amides is 1. The molecule has 330 valence electrons. The molecule has 1 aromatic heterocycles. The number of hydrogen-bond acceptors (Lipinski definition) is 8. The van der Waals surface area contributed by atoms with Gasteiger partial charge in [-0.1, -0.05) is 59.6 Å². The summed E-state index contributed by atoms with van der Waals surface area (Å²) >= 11 is 0. The molecule has 62 heavy (non-hydrogen) atoms. The number of nitrogens with zero attached hydrogens (tertiary/aromatic N) is 5. The second-order valence-electron chi connectivity index (χ2n) is 19.7. The minimum Gasteiger partial charge on any atom is -0.468 e. The van der Waals surface area contributed by atoms with Gasteiger partial charge in [0, 0.05) is 56.0 Å². The van der Waals surface area contributed by atoms with Crippen LogP contribution in [0.1, 0.15) is 85.6 Å². The Morgan fingerprint density at radius 1 is 0.952 bits per heavy atom. The van der Waals surface area contributed by atoms with Crippen molar-refractivity contribution in [2.24, 2.45) is 5.41 Å². The summed E-state index contributed by atoms with van der Waals surface area (Å²) in [6, 6.07) is 9.49. The molecule has 1 amide bonds. The zero-order chi connectivity index (χ0) is 43.9. The van der Waals surface area contributed by atoms with Crippen molar-refractivity contribution in [2.45, 2.75) is 120 Å². The predicted octanol–water partition coefficient (Wildman–Crippen LogP) is 9.96. The van der Waals surface area contributed by atoms with Crippen molar-refractivity contribution >= 4 is 41.7 Å². The molecule has 2 unspecified atom stereocenters. The van der Waals surface area contributed by atoms with Gasteiger partial charge in [0.1, 0.15) is 43.8 Å². The number of anilines is 1. The van der Waals surface area contributed by atoms with Gasteiger partial charge in [-0.25, -0.2) is 18.0 Å². The van der Waals surface area contributed by atoms with Crippen LogP contribution in [0.2, 0.25) is 16.6 Å². The van der Waals surface area contributed by atoms with Gasteiger partial charge in [-0.2, -0.15) is 9.97 Å². The highest BCUT2D eigenvalue weighted by atomic mass is 28.3. The van der Waals surface area contributed by atoms with Crippen LogP contribution in [0.5, 0.6) is 11.8 Å². The van der Waals surface area contributed by atoms with Crippen LogP contribution in [-0.4, -0.2) is 110 Å². The third-order valence-electron chi connectivity index (χ3n) is 15.1. The summed E-state index contributed by atoms with van der Waals surface area (Å²) < 4.78 is 66.9. The lowest BCUT2D eigenvalue weighted by Gasteiger charge is -2.40. The number of carboxylic acid groups (broad SMARTS) is 1. The molecule has 2 bridgehead atoms. The van der Waals surface area contributed by atoms with E-state index in [4.69, 9.17) is 24.2 Å². The molecular formula is C48H58F3N5O5Si. The summed E-state index contributed by atoms with van der Waals surface area (Å²) in [4.78, 5) is 27.8. The molecule has 5 heterocycles. The maximum Gasteiger partial charge on any atom is 0.407 e. The summed E-state index contributed by atoms with van der Waals surface area (Å²) in [5.41, 5.74) is 5.08. The lowest BCUT2D eigenvalue weighted by atomic mass is 9.89. The number of alkyl halides is 1. The Bertz CT molecular complexity index is 2450. The molecule has 3 aromatic carbocycles. The average molecular weight is 870 g/mol. The lowest BCUT2D eigenvalue weighted by Crippen LogP contribution is -2.55. The Morgan fingerprint density at radius 3 is 2.31 bits per heavy atom. The monoisotopic (exact) mass is 869 g/mol. The zero-order valence-corrected chi connectivity index (χ0v) is 37.9. The molecule has 1 saturated carbocycles. The van der Waals surface area contributed by atoms with E-state index in [1.807, 2.05) is 4.90 Å². The van der Waals surface area contributed by atoms with E-state index in [-0.39, 0.29) is 53.6 Å². The van der Waals surface area contributed by atoms with Crippen LogP contribution < -0.4 is 14.4 Å². The van der Waals surface area contributed by atoms with E-state index in [0.29, 0.717) is 88.8 Å². The summed E-state index contributed by atoms with van der Waals surface area (Å²) in [6.45, 7) is 15.3. The van der Waals surface area contributed by atoms with Crippen LogP contribution in [0, 0.1) is 28.5 Å². The Balaban J connectivity index is 1.21. The number of hydrogen-bond donors (Lipinski definition) is 1. The van der Waals surface area contributed by atoms with Crippen LogP contribution in [-0.2, 0) is 4.74 Å². The Labute approximate surface area is 363 Å². The third kappa shape index (κ3) is 7.16. The largest absolute Gasteiger partial charge is 0.468 e. The van der Waals surface area contributed by atoms with Crippen molar-refractivity contribution in [2.75, 3.05) is 51.6 Å². The number of aromatic nitrogens is 2. The highest BCUT2D eigenvalue weighted by Crippen LogP contribution is 2.61. The standard InChI is InChI=1S/C48H58F3N5O5Si/c1-28(2)62(29(3)4,30(5)6)17-14-37-40(50)13-8-31-18-35(61-27-59-7)19-39(41(31)37)36-11-12-38-43(42(36)51)52-45(53-44(38)54-22-33-9-10-34(23-54)56(33)46(57)58)60-26-48-20-32(49)21-55(48)25-47(24-48)15-16-47/h8,11-13,18-19,28-30,32-34H,9-10,15-16,20-27H2,1-7H3,(H,57,58)/t32-,33?,34?,48+/m1/s1. The van der Waals surface area contributed by atoms with Crippen molar-refractivity contribution in [1.29, 1.82) is 0 Å². The Morgan fingerprint density at radius 2 is 1.66 bits per heavy atom. The minimum atomic E-state index is -2.31. The number of piperazine rings is 1. The molecule has 14 heteroatoms. The molecule has 4 saturated heterocycles.